The van der Waals surface area contributed by atoms with E-state index >= 15 is 0 Å². The number of anilines is 1. The zero-order valence-electron chi connectivity index (χ0n) is 17.9. The first-order valence-electron chi connectivity index (χ1n) is 9.85. The first kappa shape index (κ1) is 23.2. The Morgan fingerprint density at radius 1 is 1.09 bits per heavy atom. The van der Waals surface area contributed by atoms with E-state index in [9.17, 15) is 4.79 Å². The Bertz CT molecular complexity index is 1390. The van der Waals surface area contributed by atoms with Gasteiger partial charge in [-0.3, -0.25) is 10.1 Å². The van der Waals surface area contributed by atoms with Crippen molar-refractivity contribution in [1.82, 2.24) is 20.3 Å². The predicted octanol–water partition coefficient (Wildman–Crippen LogP) is 5.59. The Morgan fingerprint density at radius 3 is 2.42 bits per heavy atom. The van der Waals surface area contributed by atoms with E-state index in [4.69, 9.17) is 28.6 Å². The second-order valence-electron chi connectivity index (χ2n) is 7.36. The van der Waals surface area contributed by atoms with Gasteiger partial charge in [0.1, 0.15) is 16.8 Å². The van der Waals surface area contributed by atoms with Crippen molar-refractivity contribution < 1.29 is 9.53 Å². The second kappa shape index (κ2) is 9.46. The quantitative estimate of drug-likeness (QED) is 0.326. The standard InChI is InChI=1S/C23H19BrClN5O2S/c1-12-4-6-15(7-5-12)30-28-19-10-17(25)18(11-20(19)29-30)26-23(33)27-22(31)16-9-14(24)8-13(2)21(16)32-3/h4-11H,1-3H3,(H2,26,27,31,33). The third kappa shape index (κ3) is 5.00. The molecule has 0 unspecified atom stereocenters. The van der Waals surface area contributed by atoms with Crippen molar-refractivity contribution in [2.75, 3.05) is 12.4 Å². The minimum atomic E-state index is -0.406. The van der Waals surface area contributed by atoms with Gasteiger partial charge >= 0.3 is 0 Å². The van der Waals surface area contributed by atoms with Gasteiger partial charge in [0.25, 0.3) is 5.91 Å². The Balaban J connectivity index is 1.55. The zero-order valence-corrected chi connectivity index (χ0v) is 21.1. The van der Waals surface area contributed by atoms with Gasteiger partial charge in [0.05, 0.1) is 29.1 Å². The molecule has 7 nitrogen and oxygen atoms in total. The summed E-state index contributed by atoms with van der Waals surface area (Å²) in [7, 11) is 1.52. The number of amides is 1. The number of fused-ring (bicyclic) bond motifs is 1. The highest BCUT2D eigenvalue weighted by Gasteiger charge is 2.18. The van der Waals surface area contributed by atoms with E-state index in [1.807, 2.05) is 44.2 Å². The molecular weight excluding hydrogens is 526 g/mol. The van der Waals surface area contributed by atoms with Crippen LogP contribution in [0.4, 0.5) is 5.69 Å². The molecule has 0 spiro atoms. The Labute approximate surface area is 209 Å². The summed E-state index contributed by atoms with van der Waals surface area (Å²) in [5.74, 6) is 0.0712. The summed E-state index contributed by atoms with van der Waals surface area (Å²) in [5, 5.41) is 15.1. The topological polar surface area (TPSA) is 81.1 Å². The first-order chi connectivity index (χ1) is 15.7. The van der Waals surface area contributed by atoms with Gasteiger partial charge in [-0.25, -0.2) is 0 Å². The number of thiocarbonyl (C=S) groups is 1. The number of aryl methyl sites for hydroxylation is 2. The molecule has 3 aromatic carbocycles. The number of nitrogens with one attached hydrogen (secondary N) is 2. The minimum absolute atomic E-state index is 0.0897. The summed E-state index contributed by atoms with van der Waals surface area (Å²) in [6.07, 6.45) is 0. The second-order valence-corrected chi connectivity index (χ2v) is 9.09. The van der Waals surface area contributed by atoms with Crippen LogP contribution in [0.5, 0.6) is 5.75 Å². The lowest BCUT2D eigenvalue weighted by atomic mass is 10.1. The van der Waals surface area contributed by atoms with Gasteiger partial charge in [-0.1, -0.05) is 45.2 Å². The van der Waals surface area contributed by atoms with Crippen LogP contribution in [0, 0.1) is 13.8 Å². The summed E-state index contributed by atoms with van der Waals surface area (Å²) in [4.78, 5) is 14.4. The molecule has 10 heteroatoms. The van der Waals surface area contributed by atoms with Crippen molar-refractivity contribution >= 4 is 67.5 Å². The lowest BCUT2D eigenvalue weighted by molar-refractivity contribution is 0.0974. The molecule has 0 aliphatic rings. The fourth-order valence-electron chi connectivity index (χ4n) is 3.32. The normalized spacial score (nSPS) is 10.8. The number of ether oxygens (including phenoxy) is 1. The highest BCUT2D eigenvalue weighted by atomic mass is 79.9. The molecule has 0 aliphatic heterocycles. The molecule has 1 amide bonds. The SMILES string of the molecule is COc1c(C)cc(Br)cc1C(=O)NC(=S)Nc1cc2nn(-c3ccc(C)cc3)nc2cc1Cl. The van der Waals surface area contributed by atoms with Crippen LogP contribution >= 0.6 is 39.7 Å². The average molecular weight is 545 g/mol. The molecule has 1 heterocycles. The molecule has 0 saturated heterocycles. The van der Waals surface area contributed by atoms with Crippen molar-refractivity contribution in [2.24, 2.45) is 0 Å². The number of carbonyl (C=O) groups excluding carboxylic acids is 1. The highest BCUT2D eigenvalue weighted by molar-refractivity contribution is 9.10. The largest absolute Gasteiger partial charge is 0.496 e. The molecule has 1 aromatic heterocycles. The lowest BCUT2D eigenvalue weighted by Gasteiger charge is -2.14. The van der Waals surface area contributed by atoms with Crippen LogP contribution < -0.4 is 15.4 Å². The maximum absolute atomic E-state index is 12.8. The predicted molar refractivity (Wildman–Crippen MR) is 138 cm³/mol. The third-order valence-corrected chi connectivity index (χ3v) is 5.87. The van der Waals surface area contributed by atoms with E-state index < -0.39 is 5.91 Å². The Hall–Kier alpha value is -3.01. The molecule has 168 valence electrons. The van der Waals surface area contributed by atoms with Gasteiger partial charge in [-0.05, 0) is 68.0 Å². The minimum Gasteiger partial charge on any atom is -0.496 e. The van der Waals surface area contributed by atoms with Gasteiger partial charge in [0.2, 0.25) is 0 Å². The van der Waals surface area contributed by atoms with Crippen LogP contribution in [0.25, 0.3) is 16.7 Å². The van der Waals surface area contributed by atoms with E-state index in [1.165, 1.54) is 7.11 Å². The maximum Gasteiger partial charge on any atom is 0.261 e. The number of nitrogens with zero attached hydrogens (tertiary/aromatic N) is 3. The van der Waals surface area contributed by atoms with Crippen LogP contribution in [0.3, 0.4) is 0 Å². The molecule has 0 bridgehead atoms. The van der Waals surface area contributed by atoms with E-state index in [1.54, 1.807) is 23.0 Å². The van der Waals surface area contributed by atoms with Crippen molar-refractivity contribution in [3.63, 3.8) is 0 Å². The monoisotopic (exact) mass is 543 g/mol. The van der Waals surface area contributed by atoms with Crippen LogP contribution in [0.15, 0.2) is 53.0 Å². The van der Waals surface area contributed by atoms with Gasteiger partial charge in [-0.2, -0.15) is 4.80 Å². The number of hydrogen-bond acceptors (Lipinski definition) is 5. The number of halogens is 2. The van der Waals surface area contributed by atoms with E-state index in [-0.39, 0.29) is 5.11 Å². The van der Waals surface area contributed by atoms with Gasteiger partial charge in [0.15, 0.2) is 5.11 Å². The summed E-state index contributed by atoms with van der Waals surface area (Å²) in [6, 6.07) is 14.8. The maximum atomic E-state index is 12.8. The summed E-state index contributed by atoms with van der Waals surface area (Å²) >= 11 is 15.2. The van der Waals surface area contributed by atoms with Crippen molar-refractivity contribution in [3.05, 3.63) is 74.7 Å². The number of aromatic nitrogens is 3. The van der Waals surface area contributed by atoms with Crippen molar-refractivity contribution in [3.8, 4) is 11.4 Å². The number of hydrogen-bond donors (Lipinski definition) is 2. The zero-order chi connectivity index (χ0) is 23.7. The fourth-order valence-corrected chi connectivity index (χ4v) is 4.30. The lowest BCUT2D eigenvalue weighted by Crippen LogP contribution is -2.34. The number of rotatable bonds is 4. The molecule has 2 N–H and O–H groups in total. The van der Waals surface area contributed by atoms with E-state index in [0.29, 0.717) is 33.1 Å². The van der Waals surface area contributed by atoms with E-state index in [0.717, 1.165) is 21.3 Å². The smallest absolute Gasteiger partial charge is 0.261 e. The van der Waals surface area contributed by atoms with Gasteiger partial charge in [0, 0.05) is 4.47 Å². The molecule has 33 heavy (non-hydrogen) atoms. The number of carbonyl (C=O) groups is 1. The molecule has 0 aliphatic carbocycles. The first-order valence-corrected chi connectivity index (χ1v) is 11.4. The Morgan fingerprint density at radius 2 is 1.76 bits per heavy atom. The van der Waals surface area contributed by atoms with Crippen molar-refractivity contribution in [1.29, 1.82) is 0 Å². The van der Waals surface area contributed by atoms with Crippen molar-refractivity contribution in [2.45, 2.75) is 13.8 Å². The molecule has 0 fully saturated rings. The summed E-state index contributed by atoms with van der Waals surface area (Å²) in [5.41, 5.74) is 4.93. The van der Waals surface area contributed by atoms with Crippen LogP contribution in [0.1, 0.15) is 21.5 Å². The summed E-state index contributed by atoms with van der Waals surface area (Å²) in [6.45, 7) is 3.87. The summed E-state index contributed by atoms with van der Waals surface area (Å²) < 4.78 is 6.14. The highest BCUT2D eigenvalue weighted by Crippen LogP contribution is 2.29. The molecule has 4 aromatic rings. The van der Waals surface area contributed by atoms with Crippen LogP contribution in [-0.2, 0) is 0 Å². The van der Waals surface area contributed by atoms with Crippen LogP contribution in [0.2, 0.25) is 5.02 Å². The van der Waals surface area contributed by atoms with Crippen LogP contribution in [-0.4, -0.2) is 33.1 Å². The molecule has 0 atom stereocenters. The van der Waals surface area contributed by atoms with Gasteiger partial charge in [-0.15, -0.1) is 10.2 Å². The third-order valence-electron chi connectivity index (χ3n) is 4.90. The Kier molecular flexibility index (Phi) is 6.64. The molecule has 0 radical (unpaired) electrons. The molecule has 4 rings (SSSR count). The molecular formula is C23H19BrClN5O2S. The van der Waals surface area contributed by atoms with E-state index in [2.05, 4.69) is 36.8 Å². The number of methoxy groups -OCH3 is 1. The average Bonchev–Trinajstić information content (AvgIpc) is 3.16. The van der Waals surface area contributed by atoms with Gasteiger partial charge < -0.3 is 10.1 Å². The molecule has 0 saturated carbocycles. The fraction of sp³-hybridized carbons (Fsp3) is 0.130. The number of benzene rings is 3.